The summed E-state index contributed by atoms with van der Waals surface area (Å²) < 4.78 is 1.78. The highest BCUT2D eigenvalue weighted by Gasteiger charge is 1.94. The summed E-state index contributed by atoms with van der Waals surface area (Å²) in [7, 11) is 0. The highest BCUT2D eigenvalue weighted by molar-refractivity contribution is 6.29. The molecule has 2 heterocycles. The Morgan fingerprint density at radius 1 is 1.15 bits per heavy atom. The van der Waals surface area contributed by atoms with Crippen molar-refractivity contribution in [3.8, 4) is 0 Å². The van der Waals surface area contributed by atoms with E-state index in [1.165, 1.54) is 0 Å². The van der Waals surface area contributed by atoms with Crippen LogP contribution in [0.1, 0.15) is 0 Å². The van der Waals surface area contributed by atoms with Crippen LogP contribution in [0.3, 0.4) is 0 Å². The normalized spacial score (nSPS) is 9.92. The Morgan fingerprint density at radius 3 is 2.54 bits per heavy atom. The summed E-state index contributed by atoms with van der Waals surface area (Å²) in [5.74, 6) is 0.653. The standard InChI is InChI=1S/C8H7ClN4/c9-7-3-4-8(11-10-7)12-13-5-1-2-6-13/h1-6H,(H,11,12). The fourth-order valence-corrected chi connectivity index (χ4v) is 1.02. The molecule has 0 radical (unpaired) electrons. The molecule has 0 bridgehead atoms. The van der Waals surface area contributed by atoms with Crippen molar-refractivity contribution in [3.63, 3.8) is 0 Å². The molecule has 5 heteroatoms. The zero-order valence-electron chi connectivity index (χ0n) is 6.68. The molecule has 4 nitrogen and oxygen atoms in total. The van der Waals surface area contributed by atoms with Crippen LogP contribution in [0, 0.1) is 0 Å². The fraction of sp³-hybridized carbons (Fsp3) is 0. The lowest BCUT2D eigenvalue weighted by molar-refractivity contribution is 0.920. The quantitative estimate of drug-likeness (QED) is 0.793. The van der Waals surface area contributed by atoms with Gasteiger partial charge in [0.2, 0.25) is 0 Å². The van der Waals surface area contributed by atoms with Crippen molar-refractivity contribution in [2.75, 3.05) is 5.43 Å². The molecule has 13 heavy (non-hydrogen) atoms. The number of nitrogens with one attached hydrogen (secondary N) is 1. The molecular formula is C8H7ClN4. The van der Waals surface area contributed by atoms with E-state index >= 15 is 0 Å². The minimum absolute atomic E-state index is 0.387. The van der Waals surface area contributed by atoms with Gasteiger partial charge in [-0.05, 0) is 24.3 Å². The second-order valence-electron chi connectivity index (χ2n) is 2.44. The lowest BCUT2D eigenvalue weighted by atomic mass is 10.5. The molecule has 0 saturated heterocycles. The SMILES string of the molecule is Clc1ccc(Nn2cccc2)nn1. The molecule has 0 unspecified atom stereocenters. The lowest BCUT2D eigenvalue weighted by Crippen LogP contribution is -2.07. The van der Waals surface area contributed by atoms with Crippen molar-refractivity contribution in [2.45, 2.75) is 0 Å². The average Bonchev–Trinajstić information content (AvgIpc) is 2.62. The van der Waals surface area contributed by atoms with Gasteiger partial charge in [0.1, 0.15) is 0 Å². The number of anilines is 1. The van der Waals surface area contributed by atoms with Crippen LogP contribution in [-0.4, -0.2) is 14.9 Å². The largest absolute Gasteiger partial charge is 0.277 e. The van der Waals surface area contributed by atoms with E-state index in [1.54, 1.807) is 16.8 Å². The first-order valence-corrected chi connectivity index (χ1v) is 4.11. The van der Waals surface area contributed by atoms with E-state index in [-0.39, 0.29) is 0 Å². The van der Waals surface area contributed by atoms with E-state index in [9.17, 15) is 0 Å². The van der Waals surface area contributed by atoms with Crippen molar-refractivity contribution in [1.82, 2.24) is 14.9 Å². The third-order valence-electron chi connectivity index (χ3n) is 1.48. The molecule has 0 atom stereocenters. The van der Waals surface area contributed by atoms with Gasteiger partial charge in [-0.3, -0.25) is 10.1 Å². The van der Waals surface area contributed by atoms with Gasteiger partial charge in [0.25, 0.3) is 0 Å². The van der Waals surface area contributed by atoms with Gasteiger partial charge in [-0.2, -0.15) is 0 Å². The van der Waals surface area contributed by atoms with Gasteiger partial charge in [0, 0.05) is 12.4 Å². The van der Waals surface area contributed by atoms with Crippen molar-refractivity contribution in [3.05, 3.63) is 41.8 Å². The lowest BCUT2D eigenvalue weighted by Gasteiger charge is -2.04. The topological polar surface area (TPSA) is 42.7 Å². The summed E-state index contributed by atoms with van der Waals surface area (Å²) >= 11 is 5.59. The van der Waals surface area contributed by atoms with Crippen molar-refractivity contribution in [2.24, 2.45) is 0 Å². The predicted molar refractivity (Wildman–Crippen MR) is 50.5 cm³/mol. The van der Waals surface area contributed by atoms with Crippen LogP contribution in [0.15, 0.2) is 36.7 Å². The van der Waals surface area contributed by atoms with Gasteiger partial charge in [0.05, 0.1) is 0 Å². The van der Waals surface area contributed by atoms with Gasteiger partial charge in [-0.1, -0.05) is 11.6 Å². The van der Waals surface area contributed by atoms with Crippen LogP contribution in [0.25, 0.3) is 0 Å². The summed E-state index contributed by atoms with van der Waals surface area (Å²) in [6.07, 6.45) is 3.74. The molecule has 1 N–H and O–H groups in total. The summed E-state index contributed by atoms with van der Waals surface area (Å²) in [6, 6.07) is 7.27. The number of aromatic nitrogens is 3. The highest BCUT2D eigenvalue weighted by Crippen LogP contribution is 2.06. The van der Waals surface area contributed by atoms with E-state index in [1.807, 2.05) is 24.5 Å². The Kier molecular flexibility index (Phi) is 2.14. The van der Waals surface area contributed by atoms with E-state index in [4.69, 9.17) is 11.6 Å². The van der Waals surface area contributed by atoms with Crippen LogP contribution in [0.5, 0.6) is 0 Å². The number of hydrogen-bond donors (Lipinski definition) is 1. The molecule has 0 spiro atoms. The number of hydrogen-bond acceptors (Lipinski definition) is 3. The predicted octanol–water partition coefficient (Wildman–Crippen LogP) is 1.81. The van der Waals surface area contributed by atoms with Gasteiger partial charge in [-0.25, -0.2) is 0 Å². The van der Waals surface area contributed by atoms with E-state index < -0.39 is 0 Å². The smallest absolute Gasteiger partial charge is 0.167 e. The van der Waals surface area contributed by atoms with Crippen LogP contribution in [0.4, 0.5) is 5.82 Å². The molecule has 0 aliphatic heterocycles. The van der Waals surface area contributed by atoms with Crippen LogP contribution in [0.2, 0.25) is 5.15 Å². The first-order chi connectivity index (χ1) is 6.34. The van der Waals surface area contributed by atoms with Crippen LogP contribution >= 0.6 is 11.6 Å². The Labute approximate surface area is 80.1 Å². The van der Waals surface area contributed by atoms with Gasteiger partial charge < -0.3 is 0 Å². The first kappa shape index (κ1) is 8.07. The molecule has 66 valence electrons. The fourth-order valence-electron chi connectivity index (χ4n) is 0.917. The molecule has 0 aliphatic carbocycles. The third-order valence-corrected chi connectivity index (χ3v) is 1.68. The first-order valence-electron chi connectivity index (χ1n) is 3.74. The minimum Gasteiger partial charge on any atom is -0.277 e. The molecule has 0 amide bonds. The van der Waals surface area contributed by atoms with Gasteiger partial charge in [-0.15, -0.1) is 10.2 Å². The zero-order valence-corrected chi connectivity index (χ0v) is 7.44. The van der Waals surface area contributed by atoms with Crippen molar-refractivity contribution < 1.29 is 0 Å². The van der Waals surface area contributed by atoms with Crippen molar-refractivity contribution in [1.29, 1.82) is 0 Å². The third kappa shape index (κ3) is 1.97. The maximum absolute atomic E-state index is 5.59. The summed E-state index contributed by atoms with van der Waals surface area (Å²) in [5.41, 5.74) is 3.00. The molecule has 2 aromatic rings. The number of nitrogens with zero attached hydrogens (tertiary/aromatic N) is 3. The average molecular weight is 195 g/mol. The molecule has 2 aromatic heterocycles. The molecule has 2 rings (SSSR count). The Balaban J connectivity index is 2.15. The maximum Gasteiger partial charge on any atom is 0.167 e. The van der Waals surface area contributed by atoms with Crippen LogP contribution in [-0.2, 0) is 0 Å². The van der Waals surface area contributed by atoms with E-state index in [2.05, 4.69) is 15.6 Å². The molecule has 0 aromatic carbocycles. The number of rotatable bonds is 2. The van der Waals surface area contributed by atoms with Gasteiger partial charge >= 0.3 is 0 Å². The summed E-state index contributed by atoms with van der Waals surface area (Å²) in [4.78, 5) is 0. The highest BCUT2D eigenvalue weighted by atomic mass is 35.5. The summed E-state index contributed by atoms with van der Waals surface area (Å²) in [5, 5.41) is 7.93. The Hall–Kier alpha value is -1.55. The summed E-state index contributed by atoms with van der Waals surface area (Å²) in [6.45, 7) is 0. The second kappa shape index (κ2) is 3.45. The maximum atomic E-state index is 5.59. The second-order valence-corrected chi connectivity index (χ2v) is 2.83. The molecule has 0 fully saturated rings. The molecular weight excluding hydrogens is 188 g/mol. The van der Waals surface area contributed by atoms with E-state index in [0.29, 0.717) is 11.0 Å². The molecule has 0 aliphatic rings. The monoisotopic (exact) mass is 194 g/mol. The number of halogens is 1. The Morgan fingerprint density at radius 2 is 1.92 bits per heavy atom. The Bertz CT molecular complexity index is 368. The van der Waals surface area contributed by atoms with E-state index in [0.717, 1.165) is 0 Å². The minimum atomic E-state index is 0.387. The van der Waals surface area contributed by atoms with Gasteiger partial charge in [0.15, 0.2) is 11.0 Å². The van der Waals surface area contributed by atoms with Crippen LogP contribution < -0.4 is 5.43 Å². The molecule has 0 saturated carbocycles. The zero-order chi connectivity index (χ0) is 9.10. The van der Waals surface area contributed by atoms with Crippen molar-refractivity contribution >= 4 is 17.4 Å².